The first kappa shape index (κ1) is 27.8. The van der Waals surface area contributed by atoms with Gasteiger partial charge in [0.05, 0.1) is 6.04 Å². The van der Waals surface area contributed by atoms with Gasteiger partial charge in [-0.3, -0.25) is 4.79 Å². The molecule has 204 valence electrons. The van der Waals surface area contributed by atoms with Gasteiger partial charge in [0.25, 0.3) is 5.91 Å². The molecule has 1 aromatic carbocycles. The van der Waals surface area contributed by atoms with Crippen LogP contribution < -0.4 is 15.4 Å². The van der Waals surface area contributed by atoms with Crippen molar-refractivity contribution in [3.8, 4) is 16.3 Å². The van der Waals surface area contributed by atoms with Crippen molar-refractivity contribution < 1.29 is 35.9 Å². The molecule has 0 spiro atoms. The van der Waals surface area contributed by atoms with E-state index in [1.54, 1.807) is 25.3 Å². The number of aromatic nitrogens is 3. The molecule has 0 bridgehead atoms. The number of hydrogen-bond donors (Lipinski definition) is 2. The number of halogens is 6. The summed E-state index contributed by atoms with van der Waals surface area (Å²) in [5.41, 5.74) is 0.936. The summed E-state index contributed by atoms with van der Waals surface area (Å²) >= 11 is 1.37. The first-order valence-electron chi connectivity index (χ1n) is 11.5. The van der Waals surface area contributed by atoms with E-state index in [4.69, 9.17) is 4.74 Å². The van der Waals surface area contributed by atoms with Crippen molar-refractivity contribution in [1.82, 2.24) is 25.6 Å². The van der Waals surface area contributed by atoms with Crippen LogP contribution in [0.15, 0.2) is 36.8 Å². The maximum Gasteiger partial charge on any atom is 0.451 e. The predicted molar refractivity (Wildman–Crippen MR) is 127 cm³/mol. The maximum absolute atomic E-state index is 13.2. The Kier molecular flexibility index (Phi) is 7.93. The standard InChI is InChI=1S/C24H23F6N5O2S/c1-12-9-32-21(38-12)15-5-14(6-18(7-15)37-17-3-4-31-19(8-17)23(25,26)27)20(36)35-13(2)16-10-33-22(34-11-16)24(28,29)30/h5-7,9-11,13,17,19,31H,3-4,8H2,1-2H3,(H,35,36)/t13-,17-,19?/m1/s1. The van der Waals surface area contributed by atoms with Crippen LogP contribution in [-0.2, 0) is 6.18 Å². The molecule has 3 atom stereocenters. The number of aryl methyl sites for hydroxylation is 1. The van der Waals surface area contributed by atoms with Crippen LogP contribution >= 0.6 is 11.3 Å². The van der Waals surface area contributed by atoms with Gasteiger partial charge in [-0.05, 0) is 45.0 Å². The minimum Gasteiger partial charge on any atom is -0.490 e. The molecule has 3 heterocycles. The van der Waals surface area contributed by atoms with Crippen molar-refractivity contribution in [2.45, 2.75) is 57.2 Å². The molecule has 0 saturated carbocycles. The molecule has 1 aliphatic rings. The van der Waals surface area contributed by atoms with E-state index in [0.29, 0.717) is 17.0 Å². The molecule has 4 rings (SSSR count). The third-order valence-electron chi connectivity index (χ3n) is 5.86. The molecule has 7 nitrogen and oxygen atoms in total. The van der Waals surface area contributed by atoms with E-state index in [1.165, 1.54) is 17.4 Å². The molecule has 1 unspecified atom stereocenters. The topological polar surface area (TPSA) is 89.0 Å². The van der Waals surface area contributed by atoms with E-state index in [2.05, 4.69) is 25.6 Å². The maximum atomic E-state index is 13.2. The minimum absolute atomic E-state index is 0.125. The van der Waals surface area contributed by atoms with Gasteiger partial charge in [0.15, 0.2) is 0 Å². The number of rotatable bonds is 6. The first-order chi connectivity index (χ1) is 17.8. The Morgan fingerprint density at radius 1 is 1.11 bits per heavy atom. The monoisotopic (exact) mass is 559 g/mol. The highest BCUT2D eigenvalue weighted by atomic mass is 32.1. The number of alkyl halides is 6. The van der Waals surface area contributed by atoms with Gasteiger partial charge in [-0.15, -0.1) is 11.3 Å². The van der Waals surface area contributed by atoms with Gasteiger partial charge >= 0.3 is 12.4 Å². The second kappa shape index (κ2) is 10.8. The van der Waals surface area contributed by atoms with Crippen LogP contribution in [-0.4, -0.2) is 45.7 Å². The number of benzene rings is 1. The van der Waals surface area contributed by atoms with Crippen molar-refractivity contribution >= 4 is 17.2 Å². The Balaban J connectivity index is 1.56. The van der Waals surface area contributed by atoms with Crippen molar-refractivity contribution in [2.75, 3.05) is 6.54 Å². The summed E-state index contributed by atoms with van der Waals surface area (Å²) in [6, 6.07) is 2.17. The van der Waals surface area contributed by atoms with Crippen molar-refractivity contribution in [2.24, 2.45) is 0 Å². The number of nitrogens with zero attached hydrogens (tertiary/aromatic N) is 3. The average molecular weight is 560 g/mol. The molecule has 0 radical (unpaired) electrons. The van der Waals surface area contributed by atoms with Gasteiger partial charge in [-0.1, -0.05) is 0 Å². The summed E-state index contributed by atoms with van der Waals surface area (Å²) in [6.07, 6.45) is -6.14. The second-order valence-electron chi connectivity index (χ2n) is 8.87. The number of carbonyl (C=O) groups excluding carboxylic acids is 1. The first-order valence-corrected chi connectivity index (χ1v) is 12.4. The summed E-state index contributed by atoms with van der Waals surface area (Å²) in [7, 11) is 0. The minimum atomic E-state index is -4.69. The van der Waals surface area contributed by atoms with E-state index in [-0.39, 0.29) is 29.8 Å². The molecule has 2 N–H and O–H groups in total. The highest BCUT2D eigenvalue weighted by Crippen LogP contribution is 2.33. The van der Waals surface area contributed by atoms with Crippen LogP contribution in [0.5, 0.6) is 5.75 Å². The van der Waals surface area contributed by atoms with Crippen molar-refractivity contribution in [3.05, 3.63) is 58.6 Å². The Labute approximate surface area is 217 Å². The fraction of sp³-hybridized carbons (Fsp3) is 0.417. The molecule has 38 heavy (non-hydrogen) atoms. The number of hydrogen-bond acceptors (Lipinski definition) is 7. The summed E-state index contributed by atoms with van der Waals surface area (Å²) in [5.74, 6) is -1.66. The third kappa shape index (κ3) is 6.78. The van der Waals surface area contributed by atoms with E-state index in [0.717, 1.165) is 17.3 Å². The van der Waals surface area contributed by atoms with Crippen LogP contribution in [0.4, 0.5) is 26.3 Å². The number of nitrogens with one attached hydrogen (secondary N) is 2. The molecule has 1 fully saturated rings. The number of carbonyl (C=O) groups is 1. The van der Waals surface area contributed by atoms with Crippen LogP contribution in [0.1, 0.15) is 52.4 Å². The van der Waals surface area contributed by atoms with E-state index in [1.807, 2.05) is 6.92 Å². The van der Waals surface area contributed by atoms with E-state index < -0.39 is 42.3 Å². The summed E-state index contributed by atoms with van der Waals surface area (Å²) in [6.45, 7) is 3.54. The normalized spacial score (nSPS) is 19.2. The lowest BCUT2D eigenvalue weighted by Gasteiger charge is -2.32. The molecule has 2 aromatic heterocycles. The van der Waals surface area contributed by atoms with Gasteiger partial charge in [0.2, 0.25) is 5.82 Å². The zero-order valence-corrected chi connectivity index (χ0v) is 21.0. The van der Waals surface area contributed by atoms with Crippen molar-refractivity contribution in [3.63, 3.8) is 0 Å². The zero-order chi connectivity index (χ0) is 27.7. The molecule has 0 aliphatic carbocycles. The van der Waals surface area contributed by atoms with Crippen LogP contribution in [0.2, 0.25) is 0 Å². The highest BCUT2D eigenvalue weighted by Gasteiger charge is 2.43. The van der Waals surface area contributed by atoms with Gasteiger partial charge in [0.1, 0.15) is 22.9 Å². The summed E-state index contributed by atoms with van der Waals surface area (Å²) in [5, 5.41) is 5.71. The molecule has 3 aromatic rings. The number of thiazole rings is 1. The number of piperidine rings is 1. The lowest BCUT2D eigenvalue weighted by Crippen LogP contribution is -2.50. The van der Waals surface area contributed by atoms with Crippen LogP contribution in [0.25, 0.3) is 10.6 Å². The lowest BCUT2D eigenvalue weighted by molar-refractivity contribution is -0.166. The Bertz CT molecular complexity index is 1280. The van der Waals surface area contributed by atoms with Crippen molar-refractivity contribution in [1.29, 1.82) is 0 Å². The summed E-state index contributed by atoms with van der Waals surface area (Å²) < 4.78 is 83.8. The Morgan fingerprint density at radius 2 is 1.82 bits per heavy atom. The molecular weight excluding hydrogens is 536 g/mol. The van der Waals surface area contributed by atoms with Crippen LogP contribution in [0.3, 0.4) is 0 Å². The molecule has 1 saturated heterocycles. The van der Waals surface area contributed by atoms with Gasteiger partial charge in [-0.2, -0.15) is 26.3 Å². The lowest BCUT2D eigenvalue weighted by atomic mass is 10.0. The third-order valence-corrected chi connectivity index (χ3v) is 6.83. The van der Waals surface area contributed by atoms with Gasteiger partial charge < -0.3 is 15.4 Å². The Morgan fingerprint density at radius 3 is 2.42 bits per heavy atom. The van der Waals surface area contributed by atoms with Crippen LogP contribution in [0, 0.1) is 6.92 Å². The SMILES string of the molecule is Cc1cnc(-c2cc(O[C@@H]3CCNC(C(F)(F)F)C3)cc(C(=O)N[C@H](C)c3cnc(C(F)(F)F)nc3)c2)s1. The van der Waals surface area contributed by atoms with Gasteiger partial charge in [0, 0.05) is 46.6 Å². The molecule has 1 amide bonds. The molecular formula is C24H23F6N5O2S. The quantitative estimate of drug-likeness (QED) is 0.389. The van der Waals surface area contributed by atoms with E-state index in [9.17, 15) is 31.1 Å². The molecule has 1 aliphatic heterocycles. The highest BCUT2D eigenvalue weighted by molar-refractivity contribution is 7.14. The Hall–Kier alpha value is -3.26. The average Bonchev–Trinajstić information content (AvgIpc) is 3.29. The predicted octanol–water partition coefficient (Wildman–Crippen LogP) is 5.48. The number of amides is 1. The fourth-order valence-corrected chi connectivity index (χ4v) is 4.66. The van der Waals surface area contributed by atoms with E-state index >= 15 is 0 Å². The largest absolute Gasteiger partial charge is 0.490 e. The van der Waals surface area contributed by atoms with Gasteiger partial charge in [-0.25, -0.2) is 15.0 Å². The second-order valence-corrected chi connectivity index (χ2v) is 10.1. The summed E-state index contributed by atoms with van der Waals surface area (Å²) in [4.78, 5) is 25.0. The number of ether oxygens (including phenoxy) is 1. The zero-order valence-electron chi connectivity index (χ0n) is 20.2. The molecule has 14 heteroatoms. The smallest absolute Gasteiger partial charge is 0.451 e. The fourth-order valence-electron chi connectivity index (χ4n) is 3.91.